The third kappa shape index (κ3) is 6.61. The quantitative estimate of drug-likeness (QED) is 0.296. The number of benzene rings is 3. The van der Waals surface area contributed by atoms with Crippen LogP contribution in [0.3, 0.4) is 0 Å². The molecule has 1 aliphatic rings. The highest BCUT2D eigenvalue weighted by Crippen LogP contribution is 2.29. The highest BCUT2D eigenvalue weighted by Gasteiger charge is 2.39. The molecule has 0 radical (unpaired) electrons. The predicted octanol–water partition coefficient (Wildman–Crippen LogP) is 4.88. The van der Waals surface area contributed by atoms with Crippen molar-refractivity contribution in [3.05, 3.63) is 87.9 Å². The molecule has 1 unspecified atom stereocenters. The Kier molecular flexibility index (Phi) is 8.71. The van der Waals surface area contributed by atoms with Crippen LogP contribution in [0.2, 0.25) is 10.0 Å². The summed E-state index contributed by atoms with van der Waals surface area (Å²) < 4.78 is 38.6. The summed E-state index contributed by atoms with van der Waals surface area (Å²) in [6, 6.07) is 17.6. The van der Waals surface area contributed by atoms with Crippen LogP contribution in [0.4, 0.5) is 0 Å². The Labute approximate surface area is 225 Å². The van der Waals surface area contributed by atoms with Crippen LogP contribution in [0.25, 0.3) is 0 Å². The van der Waals surface area contributed by atoms with Crippen molar-refractivity contribution >= 4 is 45.3 Å². The minimum Gasteiger partial charge on any atom is -0.493 e. The molecule has 8 nitrogen and oxygen atoms in total. The molecule has 37 heavy (non-hydrogen) atoms. The van der Waals surface area contributed by atoms with Crippen molar-refractivity contribution in [2.24, 2.45) is 5.10 Å². The first-order chi connectivity index (χ1) is 17.8. The lowest BCUT2D eigenvalue weighted by Gasteiger charge is -2.22. The third-order valence-corrected chi connectivity index (χ3v) is 8.24. The van der Waals surface area contributed by atoms with E-state index in [1.54, 1.807) is 30.3 Å². The SMILES string of the molecule is COc1cc(/C=N\NC(=O)C2CCCN2S(=O)(=O)c2ccc(Cl)cc2)ccc1OCc1ccc(Cl)cc1. The van der Waals surface area contributed by atoms with Crippen molar-refractivity contribution in [1.29, 1.82) is 0 Å². The van der Waals surface area contributed by atoms with Gasteiger partial charge in [-0.25, -0.2) is 13.8 Å². The van der Waals surface area contributed by atoms with E-state index in [4.69, 9.17) is 32.7 Å². The molecule has 11 heteroatoms. The molecule has 1 heterocycles. The summed E-state index contributed by atoms with van der Waals surface area (Å²) in [7, 11) is -2.31. The van der Waals surface area contributed by atoms with E-state index in [2.05, 4.69) is 10.5 Å². The number of nitrogens with one attached hydrogen (secondary N) is 1. The van der Waals surface area contributed by atoms with Gasteiger partial charge in [0, 0.05) is 16.6 Å². The fraction of sp³-hybridized carbons (Fsp3) is 0.231. The van der Waals surface area contributed by atoms with E-state index in [1.165, 1.54) is 41.9 Å². The van der Waals surface area contributed by atoms with Gasteiger partial charge in [-0.1, -0.05) is 35.3 Å². The third-order valence-electron chi connectivity index (χ3n) is 5.81. The van der Waals surface area contributed by atoms with Gasteiger partial charge >= 0.3 is 0 Å². The minimum atomic E-state index is -3.84. The lowest BCUT2D eigenvalue weighted by molar-refractivity contribution is -0.124. The summed E-state index contributed by atoms with van der Waals surface area (Å²) >= 11 is 11.8. The number of nitrogens with zero attached hydrogens (tertiary/aromatic N) is 2. The highest BCUT2D eigenvalue weighted by molar-refractivity contribution is 7.89. The van der Waals surface area contributed by atoms with Crippen LogP contribution < -0.4 is 14.9 Å². The second-order valence-corrected chi connectivity index (χ2v) is 11.1. The van der Waals surface area contributed by atoms with Crippen LogP contribution in [-0.4, -0.2) is 44.5 Å². The maximum Gasteiger partial charge on any atom is 0.258 e. The summed E-state index contributed by atoms with van der Waals surface area (Å²) in [6.45, 7) is 0.593. The zero-order chi connectivity index (χ0) is 26.4. The Hall–Kier alpha value is -3.11. The molecule has 4 rings (SSSR count). The second kappa shape index (κ2) is 12.0. The van der Waals surface area contributed by atoms with E-state index in [9.17, 15) is 13.2 Å². The first kappa shape index (κ1) is 26.9. The Morgan fingerprint density at radius 2 is 1.73 bits per heavy atom. The molecule has 0 aromatic heterocycles. The number of rotatable bonds is 9. The Morgan fingerprint density at radius 1 is 1.05 bits per heavy atom. The number of hydrazone groups is 1. The summed E-state index contributed by atoms with van der Waals surface area (Å²) in [4.78, 5) is 12.9. The summed E-state index contributed by atoms with van der Waals surface area (Å²) in [5.41, 5.74) is 4.08. The number of halogens is 2. The fourth-order valence-corrected chi connectivity index (χ4v) is 5.81. The summed E-state index contributed by atoms with van der Waals surface area (Å²) in [5.74, 6) is 0.550. The van der Waals surface area contributed by atoms with E-state index in [0.29, 0.717) is 46.6 Å². The van der Waals surface area contributed by atoms with Crippen molar-refractivity contribution < 1.29 is 22.7 Å². The molecule has 1 aliphatic heterocycles. The number of carbonyl (C=O) groups is 1. The summed E-state index contributed by atoms with van der Waals surface area (Å²) in [5, 5.41) is 5.11. The maximum atomic E-state index is 13.0. The standard InChI is InChI=1S/C26H25Cl2N3O5S/c1-35-25-15-19(6-13-24(25)36-17-18-4-7-20(27)8-5-18)16-29-30-26(32)23-3-2-14-31(23)37(33,34)22-11-9-21(28)10-12-22/h4-13,15-16,23H,2-3,14,17H2,1H3,(H,30,32)/b29-16-. The van der Waals surface area contributed by atoms with E-state index < -0.39 is 22.0 Å². The van der Waals surface area contributed by atoms with Gasteiger partial charge in [-0.3, -0.25) is 4.79 Å². The molecular weight excluding hydrogens is 537 g/mol. The van der Waals surface area contributed by atoms with Gasteiger partial charge in [0.25, 0.3) is 5.91 Å². The van der Waals surface area contributed by atoms with Crippen molar-refractivity contribution in [3.63, 3.8) is 0 Å². The number of carbonyl (C=O) groups excluding carboxylic acids is 1. The van der Waals surface area contributed by atoms with Crippen LogP contribution in [0.1, 0.15) is 24.0 Å². The Bertz CT molecular complexity index is 1380. The molecule has 0 bridgehead atoms. The second-order valence-electron chi connectivity index (χ2n) is 8.29. The van der Waals surface area contributed by atoms with E-state index >= 15 is 0 Å². The van der Waals surface area contributed by atoms with Crippen molar-refractivity contribution in [3.8, 4) is 11.5 Å². The average molecular weight is 562 g/mol. The zero-order valence-electron chi connectivity index (χ0n) is 19.9. The van der Waals surface area contributed by atoms with Gasteiger partial charge in [-0.05, 0) is 78.6 Å². The van der Waals surface area contributed by atoms with Crippen molar-refractivity contribution in [2.45, 2.75) is 30.4 Å². The molecule has 1 atom stereocenters. The van der Waals surface area contributed by atoms with Gasteiger partial charge < -0.3 is 9.47 Å². The predicted molar refractivity (Wildman–Crippen MR) is 143 cm³/mol. The van der Waals surface area contributed by atoms with Gasteiger partial charge in [0.1, 0.15) is 12.6 Å². The number of amides is 1. The highest BCUT2D eigenvalue weighted by atomic mass is 35.5. The van der Waals surface area contributed by atoms with Gasteiger partial charge in [-0.15, -0.1) is 0 Å². The van der Waals surface area contributed by atoms with Crippen LogP contribution in [-0.2, 0) is 21.4 Å². The number of hydrogen-bond acceptors (Lipinski definition) is 6. The molecule has 1 fully saturated rings. The normalized spacial score (nSPS) is 16.1. The van der Waals surface area contributed by atoms with Crippen LogP contribution >= 0.6 is 23.2 Å². The van der Waals surface area contributed by atoms with Crippen LogP contribution in [0.15, 0.2) is 76.7 Å². The van der Waals surface area contributed by atoms with Crippen molar-refractivity contribution in [2.75, 3.05) is 13.7 Å². The molecule has 194 valence electrons. The Morgan fingerprint density at radius 3 is 2.41 bits per heavy atom. The largest absolute Gasteiger partial charge is 0.493 e. The molecule has 0 saturated carbocycles. The lowest BCUT2D eigenvalue weighted by atomic mass is 10.2. The topological polar surface area (TPSA) is 97.3 Å². The molecule has 1 saturated heterocycles. The fourth-order valence-electron chi connectivity index (χ4n) is 3.90. The molecule has 0 aliphatic carbocycles. The zero-order valence-corrected chi connectivity index (χ0v) is 22.3. The molecule has 1 N–H and O–H groups in total. The van der Waals surface area contributed by atoms with Gasteiger partial charge in [0.2, 0.25) is 10.0 Å². The number of hydrogen-bond donors (Lipinski definition) is 1. The molecular formula is C26H25Cl2N3O5S. The number of ether oxygens (including phenoxy) is 2. The first-order valence-corrected chi connectivity index (χ1v) is 13.6. The number of sulfonamides is 1. The maximum absolute atomic E-state index is 13.0. The van der Waals surface area contributed by atoms with E-state index in [0.717, 1.165) is 5.56 Å². The van der Waals surface area contributed by atoms with E-state index in [-0.39, 0.29) is 11.4 Å². The molecule has 1 amide bonds. The Balaban J connectivity index is 1.38. The van der Waals surface area contributed by atoms with E-state index in [1.807, 2.05) is 12.1 Å². The smallest absolute Gasteiger partial charge is 0.258 e. The van der Waals surface area contributed by atoms with Gasteiger partial charge in [0.15, 0.2) is 11.5 Å². The van der Waals surface area contributed by atoms with Crippen LogP contribution in [0.5, 0.6) is 11.5 Å². The molecule has 3 aromatic rings. The van der Waals surface area contributed by atoms with Crippen LogP contribution in [0, 0.1) is 0 Å². The first-order valence-electron chi connectivity index (χ1n) is 11.4. The number of methoxy groups -OCH3 is 1. The minimum absolute atomic E-state index is 0.0885. The summed E-state index contributed by atoms with van der Waals surface area (Å²) in [6.07, 6.45) is 2.43. The lowest BCUT2D eigenvalue weighted by Crippen LogP contribution is -2.44. The van der Waals surface area contributed by atoms with Gasteiger partial charge in [0.05, 0.1) is 18.2 Å². The van der Waals surface area contributed by atoms with Crippen molar-refractivity contribution in [1.82, 2.24) is 9.73 Å². The molecule has 0 spiro atoms. The monoisotopic (exact) mass is 561 g/mol. The van der Waals surface area contributed by atoms with Gasteiger partial charge in [-0.2, -0.15) is 9.41 Å². The average Bonchev–Trinajstić information content (AvgIpc) is 3.40. The molecule has 3 aromatic carbocycles.